The fourth-order valence-corrected chi connectivity index (χ4v) is 2.12. The second kappa shape index (κ2) is 7.38. The second-order valence-electron chi connectivity index (χ2n) is 4.59. The molecule has 0 radical (unpaired) electrons. The third-order valence-corrected chi connectivity index (χ3v) is 3.14. The minimum absolute atomic E-state index is 0.0565. The van der Waals surface area contributed by atoms with E-state index in [1.807, 2.05) is 6.92 Å². The van der Waals surface area contributed by atoms with Crippen LogP contribution in [0.15, 0.2) is 36.4 Å². The summed E-state index contributed by atoms with van der Waals surface area (Å²) in [5, 5.41) is 3.57. The Morgan fingerprint density at radius 2 is 1.81 bits per heavy atom. The van der Waals surface area contributed by atoms with Gasteiger partial charge in [-0.3, -0.25) is 0 Å². The highest BCUT2D eigenvalue weighted by Crippen LogP contribution is 2.24. The van der Waals surface area contributed by atoms with E-state index in [-0.39, 0.29) is 12.4 Å². The van der Waals surface area contributed by atoms with Gasteiger partial charge in [0, 0.05) is 11.6 Å². The van der Waals surface area contributed by atoms with Crippen LogP contribution < -0.4 is 10.1 Å². The molecule has 2 aromatic carbocycles. The third kappa shape index (κ3) is 4.41. The maximum Gasteiger partial charge on any atom is 0.191 e. The summed E-state index contributed by atoms with van der Waals surface area (Å²) in [7, 11) is 0. The lowest BCUT2D eigenvalue weighted by Crippen LogP contribution is -2.12. The van der Waals surface area contributed by atoms with Crippen LogP contribution in [-0.4, -0.2) is 6.54 Å². The fourth-order valence-electron chi connectivity index (χ4n) is 1.90. The van der Waals surface area contributed by atoms with Crippen molar-refractivity contribution in [2.45, 2.75) is 20.1 Å². The Morgan fingerprint density at radius 3 is 2.43 bits per heavy atom. The van der Waals surface area contributed by atoms with E-state index in [9.17, 15) is 8.78 Å². The summed E-state index contributed by atoms with van der Waals surface area (Å²) in [5.74, 6) is -1.77. The molecule has 0 aliphatic carbocycles. The molecule has 2 aromatic rings. The zero-order chi connectivity index (χ0) is 15.2. The van der Waals surface area contributed by atoms with Gasteiger partial charge in [0.2, 0.25) is 0 Å². The molecule has 0 bridgehead atoms. The topological polar surface area (TPSA) is 21.3 Å². The molecule has 0 heterocycles. The highest BCUT2D eigenvalue weighted by Gasteiger charge is 2.13. The van der Waals surface area contributed by atoms with Crippen LogP contribution in [0.25, 0.3) is 0 Å². The largest absolute Gasteiger partial charge is 0.483 e. The van der Waals surface area contributed by atoms with Crippen LogP contribution in [0.4, 0.5) is 8.78 Å². The van der Waals surface area contributed by atoms with E-state index in [0.717, 1.165) is 12.1 Å². The lowest BCUT2D eigenvalue weighted by molar-refractivity contribution is 0.273. The first-order valence-corrected chi connectivity index (χ1v) is 7.04. The van der Waals surface area contributed by atoms with Gasteiger partial charge in [0.05, 0.1) is 0 Å². The molecular formula is C16H16ClF2NO. The van der Waals surface area contributed by atoms with Gasteiger partial charge in [0.25, 0.3) is 0 Å². The Bertz CT molecular complexity index is 596. The number of halogens is 3. The lowest BCUT2D eigenvalue weighted by atomic mass is 10.2. The quantitative estimate of drug-likeness (QED) is 0.858. The normalized spacial score (nSPS) is 10.7. The summed E-state index contributed by atoms with van der Waals surface area (Å²) < 4.78 is 33.0. The summed E-state index contributed by atoms with van der Waals surface area (Å²) in [4.78, 5) is 0. The van der Waals surface area contributed by atoms with Gasteiger partial charge in [-0.2, -0.15) is 0 Å². The molecule has 0 aliphatic heterocycles. The molecule has 2 rings (SSSR count). The molecule has 0 saturated heterocycles. The molecule has 0 aliphatic rings. The van der Waals surface area contributed by atoms with Crippen LogP contribution in [0.3, 0.4) is 0 Å². The standard InChI is InChI=1S/C16H16ClF2NO/c1-2-20-9-12-7-14(18)16(15(19)8-12)21-10-11-4-3-5-13(17)6-11/h3-8,20H,2,9-10H2,1H3. The third-order valence-electron chi connectivity index (χ3n) is 2.91. The van der Waals surface area contributed by atoms with Crippen molar-refractivity contribution in [1.29, 1.82) is 0 Å². The van der Waals surface area contributed by atoms with Gasteiger partial charge in [-0.25, -0.2) is 8.78 Å². The SMILES string of the molecule is CCNCc1cc(F)c(OCc2cccc(Cl)c2)c(F)c1. The first-order valence-electron chi connectivity index (χ1n) is 6.66. The van der Waals surface area contributed by atoms with Gasteiger partial charge >= 0.3 is 0 Å². The molecular weight excluding hydrogens is 296 g/mol. The predicted molar refractivity (Wildman–Crippen MR) is 79.5 cm³/mol. The Kier molecular flexibility index (Phi) is 5.53. The average molecular weight is 312 g/mol. The Hall–Kier alpha value is -1.65. The maximum absolute atomic E-state index is 13.9. The Morgan fingerprint density at radius 1 is 1.10 bits per heavy atom. The first-order chi connectivity index (χ1) is 10.1. The van der Waals surface area contributed by atoms with E-state index in [0.29, 0.717) is 17.1 Å². The van der Waals surface area contributed by atoms with Crippen LogP contribution in [0.5, 0.6) is 5.75 Å². The summed E-state index contributed by atoms with van der Waals surface area (Å²) >= 11 is 5.85. The van der Waals surface area contributed by atoms with Crippen LogP contribution >= 0.6 is 11.6 Å². The monoisotopic (exact) mass is 311 g/mol. The molecule has 5 heteroatoms. The molecule has 0 amide bonds. The van der Waals surface area contributed by atoms with Gasteiger partial charge in [0.15, 0.2) is 17.4 Å². The highest BCUT2D eigenvalue weighted by molar-refractivity contribution is 6.30. The molecule has 1 N–H and O–H groups in total. The van der Waals surface area contributed by atoms with E-state index in [4.69, 9.17) is 16.3 Å². The number of hydrogen-bond donors (Lipinski definition) is 1. The molecule has 0 saturated carbocycles. The number of hydrogen-bond acceptors (Lipinski definition) is 2. The predicted octanol–water partition coefficient (Wildman–Crippen LogP) is 4.31. The van der Waals surface area contributed by atoms with Gasteiger partial charge in [-0.05, 0) is 41.9 Å². The highest BCUT2D eigenvalue weighted by atomic mass is 35.5. The lowest BCUT2D eigenvalue weighted by Gasteiger charge is -2.11. The van der Waals surface area contributed by atoms with Crippen LogP contribution in [0, 0.1) is 11.6 Å². The van der Waals surface area contributed by atoms with Gasteiger partial charge in [0.1, 0.15) is 6.61 Å². The van der Waals surface area contributed by atoms with Crippen molar-refractivity contribution >= 4 is 11.6 Å². The van der Waals surface area contributed by atoms with E-state index in [2.05, 4.69) is 5.32 Å². The molecule has 2 nitrogen and oxygen atoms in total. The average Bonchev–Trinajstić information content (AvgIpc) is 2.44. The number of ether oxygens (including phenoxy) is 1. The van der Waals surface area contributed by atoms with E-state index in [1.165, 1.54) is 12.1 Å². The van der Waals surface area contributed by atoms with Crippen LogP contribution in [0.2, 0.25) is 5.02 Å². The smallest absolute Gasteiger partial charge is 0.191 e. The van der Waals surface area contributed by atoms with E-state index < -0.39 is 11.6 Å². The second-order valence-corrected chi connectivity index (χ2v) is 5.02. The van der Waals surface area contributed by atoms with Gasteiger partial charge < -0.3 is 10.1 Å². The van der Waals surface area contributed by atoms with Crippen LogP contribution in [-0.2, 0) is 13.2 Å². The molecule has 21 heavy (non-hydrogen) atoms. The van der Waals surface area contributed by atoms with Gasteiger partial charge in [-0.1, -0.05) is 30.7 Å². The van der Waals surface area contributed by atoms with Crippen molar-refractivity contribution in [3.05, 3.63) is 64.2 Å². The van der Waals surface area contributed by atoms with Crippen molar-refractivity contribution in [2.24, 2.45) is 0 Å². The van der Waals surface area contributed by atoms with E-state index >= 15 is 0 Å². The van der Waals surface area contributed by atoms with E-state index in [1.54, 1.807) is 24.3 Å². The minimum Gasteiger partial charge on any atom is -0.483 e. The maximum atomic E-state index is 13.9. The summed E-state index contributed by atoms with van der Waals surface area (Å²) in [6.45, 7) is 3.13. The Labute approximate surface area is 127 Å². The Balaban J connectivity index is 2.09. The van der Waals surface area contributed by atoms with Gasteiger partial charge in [-0.15, -0.1) is 0 Å². The first kappa shape index (κ1) is 15.7. The van der Waals surface area contributed by atoms with Crippen molar-refractivity contribution in [3.8, 4) is 5.75 Å². The molecule has 112 valence electrons. The van der Waals surface area contributed by atoms with Crippen LogP contribution in [0.1, 0.15) is 18.1 Å². The summed E-state index contributed by atoms with van der Waals surface area (Å²) in [5.41, 5.74) is 1.29. The van der Waals surface area contributed by atoms with Crippen molar-refractivity contribution in [3.63, 3.8) is 0 Å². The zero-order valence-electron chi connectivity index (χ0n) is 11.6. The number of rotatable bonds is 6. The molecule has 0 fully saturated rings. The summed E-state index contributed by atoms with van der Waals surface area (Å²) in [6, 6.07) is 9.51. The number of benzene rings is 2. The molecule has 0 spiro atoms. The molecule has 0 unspecified atom stereocenters. The van der Waals surface area contributed by atoms with Crippen molar-refractivity contribution in [2.75, 3.05) is 6.54 Å². The zero-order valence-corrected chi connectivity index (χ0v) is 12.4. The minimum atomic E-state index is -0.704. The van der Waals surface area contributed by atoms with Crippen molar-refractivity contribution < 1.29 is 13.5 Å². The molecule has 0 aromatic heterocycles. The summed E-state index contributed by atoms with van der Waals surface area (Å²) in [6.07, 6.45) is 0. The van der Waals surface area contributed by atoms with Crippen molar-refractivity contribution in [1.82, 2.24) is 5.32 Å². The fraction of sp³-hybridized carbons (Fsp3) is 0.250. The number of nitrogens with one attached hydrogen (secondary N) is 1. The molecule has 0 atom stereocenters.